The molecule has 1 atom stereocenters. The summed E-state index contributed by atoms with van der Waals surface area (Å²) in [7, 11) is 0. The number of anilines is 2. The number of aliphatic hydroxyl groups is 1. The summed E-state index contributed by atoms with van der Waals surface area (Å²) in [6.45, 7) is 14.3. The Kier molecular flexibility index (Phi) is 7.33. The predicted molar refractivity (Wildman–Crippen MR) is 108 cm³/mol. The molecule has 0 saturated carbocycles. The van der Waals surface area contributed by atoms with E-state index in [2.05, 4.69) is 51.7 Å². The Bertz CT molecular complexity index is 587. The summed E-state index contributed by atoms with van der Waals surface area (Å²) >= 11 is 0. The summed E-state index contributed by atoms with van der Waals surface area (Å²) < 4.78 is 11.0. The van der Waals surface area contributed by atoms with Crippen molar-refractivity contribution in [3.63, 3.8) is 0 Å². The summed E-state index contributed by atoms with van der Waals surface area (Å²) in [6.07, 6.45) is 1.05. The lowest BCUT2D eigenvalue weighted by atomic mass is 9.77. The fourth-order valence-electron chi connectivity index (χ4n) is 3.69. The number of fused-ring (bicyclic) bond motifs is 1. The van der Waals surface area contributed by atoms with E-state index in [-0.39, 0.29) is 12.1 Å². The van der Waals surface area contributed by atoms with Gasteiger partial charge in [0.2, 0.25) is 0 Å². The lowest BCUT2D eigenvalue weighted by Crippen LogP contribution is -2.54. The maximum atomic E-state index is 8.71. The van der Waals surface area contributed by atoms with Crippen LogP contribution in [0.15, 0.2) is 12.1 Å². The van der Waals surface area contributed by atoms with Crippen molar-refractivity contribution in [1.29, 1.82) is 0 Å². The van der Waals surface area contributed by atoms with Crippen molar-refractivity contribution >= 4 is 11.4 Å². The third-order valence-corrected chi connectivity index (χ3v) is 5.69. The second-order valence-corrected chi connectivity index (χ2v) is 8.12. The molecule has 5 nitrogen and oxygen atoms in total. The summed E-state index contributed by atoms with van der Waals surface area (Å²) in [4.78, 5) is 2.48. The summed E-state index contributed by atoms with van der Waals surface area (Å²) in [5.41, 5.74) is 11.1. The number of ether oxygens (including phenoxy) is 2. The number of nitrogen functional groups attached to an aromatic ring is 1. The highest BCUT2D eigenvalue weighted by atomic mass is 16.5. The summed E-state index contributed by atoms with van der Waals surface area (Å²) in [5, 5.41) is 8.71. The van der Waals surface area contributed by atoms with Crippen molar-refractivity contribution in [3.8, 4) is 0 Å². The Morgan fingerprint density at radius 1 is 1.19 bits per heavy atom. The van der Waals surface area contributed by atoms with E-state index in [4.69, 9.17) is 20.3 Å². The Balaban J connectivity index is 2.12. The maximum Gasteiger partial charge on any atom is 0.0701 e. The van der Waals surface area contributed by atoms with Gasteiger partial charge in [-0.25, -0.2) is 0 Å². The molecule has 0 amide bonds. The van der Waals surface area contributed by atoms with Crippen LogP contribution in [-0.4, -0.2) is 50.2 Å². The van der Waals surface area contributed by atoms with Crippen molar-refractivity contribution in [2.24, 2.45) is 5.92 Å². The van der Waals surface area contributed by atoms with Gasteiger partial charge in [-0.2, -0.15) is 0 Å². The maximum absolute atomic E-state index is 8.71. The van der Waals surface area contributed by atoms with Crippen molar-refractivity contribution in [2.45, 2.75) is 52.5 Å². The molecule has 1 aliphatic rings. The molecule has 1 aromatic carbocycles. The molecule has 0 aromatic heterocycles. The van der Waals surface area contributed by atoms with Gasteiger partial charge in [0.05, 0.1) is 33.0 Å². The Morgan fingerprint density at radius 3 is 2.46 bits per heavy atom. The van der Waals surface area contributed by atoms with Crippen molar-refractivity contribution in [1.82, 2.24) is 0 Å². The Hall–Kier alpha value is -1.30. The van der Waals surface area contributed by atoms with E-state index in [0.717, 1.165) is 18.7 Å². The molecule has 2 rings (SSSR count). The monoisotopic (exact) mass is 364 g/mol. The topological polar surface area (TPSA) is 68.0 Å². The third-order valence-electron chi connectivity index (χ3n) is 5.69. The van der Waals surface area contributed by atoms with Gasteiger partial charge in [-0.3, -0.25) is 0 Å². The molecule has 148 valence electrons. The molecular formula is C21H36N2O3. The average molecular weight is 365 g/mol. The van der Waals surface area contributed by atoms with Crippen LogP contribution in [0.25, 0.3) is 0 Å². The highest BCUT2D eigenvalue weighted by molar-refractivity contribution is 5.67. The van der Waals surface area contributed by atoms with Crippen LogP contribution >= 0.6 is 0 Å². The fourth-order valence-corrected chi connectivity index (χ4v) is 3.69. The van der Waals surface area contributed by atoms with E-state index in [1.165, 1.54) is 16.8 Å². The first-order valence-electron chi connectivity index (χ1n) is 9.75. The molecule has 1 unspecified atom stereocenters. The van der Waals surface area contributed by atoms with Crippen LogP contribution in [0.1, 0.15) is 51.7 Å². The van der Waals surface area contributed by atoms with E-state index >= 15 is 0 Å². The lowest BCUT2D eigenvalue weighted by molar-refractivity contribution is 0.0339. The molecule has 5 heteroatoms. The van der Waals surface area contributed by atoms with E-state index in [9.17, 15) is 0 Å². The summed E-state index contributed by atoms with van der Waals surface area (Å²) in [6, 6.07) is 4.46. The Labute approximate surface area is 158 Å². The van der Waals surface area contributed by atoms with Crippen LogP contribution in [0.5, 0.6) is 0 Å². The standard InChI is InChI=1S/C21H36N2O3/c1-15(2)18-14-20-17(13-19(18)22)12-16(3)21(4,5)23(20)6-8-25-10-11-26-9-7-24/h13-16,24H,6-12,22H2,1-5H3. The number of hydrogen-bond donors (Lipinski definition) is 2. The first kappa shape index (κ1) is 21.0. The zero-order valence-corrected chi connectivity index (χ0v) is 17.0. The van der Waals surface area contributed by atoms with Gasteiger partial charge in [-0.05, 0) is 55.4 Å². The van der Waals surface area contributed by atoms with Gasteiger partial charge < -0.3 is 25.2 Å². The van der Waals surface area contributed by atoms with Gasteiger partial charge in [0.15, 0.2) is 0 Å². The predicted octanol–water partition coefficient (Wildman–Crippen LogP) is 3.19. The smallest absolute Gasteiger partial charge is 0.0701 e. The van der Waals surface area contributed by atoms with Crippen LogP contribution in [0.2, 0.25) is 0 Å². The quantitative estimate of drug-likeness (QED) is 0.520. The normalized spacial score (nSPS) is 19.0. The number of aliphatic hydroxyl groups excluding tert-OH is 1. The van der Waals surface area contributed by atoms with E-state index in [1.54, 1.807) is 0 Å². The molecular weight excluding hydrogens is 328 g/mol. The van der Waals surface area contributed by atoms with Crippen molar-refractivity contribution < 1.29 is 14.6 Å². The number of rotatable bonds is 9. The van der Waals surface area contributed by atoms with Crippen LogP contribution in [0, 0.1) is 5.92 Å². The molecule has 0 bridgehead atoms. The lowest BCUT2D eigenvalue weighted by Gasteiger charge is -2.49. The van der Waals surface area contributed by atoms with Gasteiger partial charge in [-0.1, -0.05) is 20.8 Å². The summed E-state index contributed by atoms with van der Waals surface area (Å²) in [5.74, 6) is 0.941. The number of nitrogens with two attached hydrogens (primary N) is 1. The van der Waals surface area contributed by atoms with Crippen LogP contribution in [0.3, 0.4) is 0 Å². The minimum Gasteiger partial charge on any atom is -0.398 e. The zero-order chi connectivity index (χ0) is 19.3. The fraction of sp³-hybridized carbons (Fsp3) is 0.714. The molecule has 1 heterocycles. The first-order valence-corrected chi connectivity index (χ1v) is 9.75. The molecule has 1 aliphatic heterocycles. The van der Waals surface area contributed by atoms with Crippen LogP contribution in [-0.2, 0) is 15.9 Å². The van der Waals surface area contributed by atoms with Crippen molar-refractivity contribution in [2.75, 3.05) is 50.2 Å². The highest BCUT2D eigenvalue weighted by Crippen LogP contribution is 2.42. The van der Waals surface area contributed by atoms with Crippen LogP contribution in [0.4, 0.5) is 11.4 Å². The highest BCUT2D eigenvalue weighted by Gasteiger charge is 2.38. The van der Waals surface area contributed by atoms with E-state index in [1.807, 2.05) is 0 Å². The van der Waals surface area contributed by atoms with Gasteiger partial charge in [-0.15, -0.1) is 0 Å². The number of hydrogen-bond acceptors (Lipinski definition) is 5. The first-order chi connectivity index (χ1) is 12.3. The number of nitrogens with zero attached hydrogens (tertiary/aromatic N) is 1. The zero-order valence-electron chi connectivity index (χ0n) is 17.0. The molecule has 0 fully saturated rings. The minimum atomic E-state index is 0.0535. The largest absolute Gasteiger partial charge is 0.398 e. The van der Waals surface area contributed by atoms with Gasteiger partial charge in [0, 0.05) is 23.5 Å². The van der Waals surface area contributed by atoms with Crippen LogP contribution < -0.4 is 10.6 Å². The van der Waals surface area contributed by atoms with E-state index < -0.39 is 0 Å². The molecule has 0 saturated heterocycles. The van der Waals surface area contributed by atoms with E-state index in [0.29, 0.717) is 38.3 Å². The molecule has 1 aromatic rings. The Morgan fingerprint density at radius 2 is 1.85 bits per heavy atom. The van der Waals surface area contributed by atoms with Gasteiger partial charge >= 0.3 is 0 Å². The second-order valence-electron chi connectivity index (χ2n) is 8.12. The molecule has 0 spiro atoms. The second kappa shape index (κ2) is 9.07. The molecule has 0 aliphatic carbocycles. The van der Waals surface area contributed by atoms with Crippen molar-refractivity contribution in [3.05, 3.63) is 23.3 Å². The molecule has 3 N–H and O–H groups in total. The molecule has 26 heavy (non-hydrogen) atoms. The minimum absolute atomic E-state index is 0.0535. The average Bonchev–Trinajstić information content (AvgIpc) is 2.56. The third kappa shape index (κ3) is 4.70. The number of benzene rings is 1. The SMILES string of the molecule is CC(C)c1cc2c(cc1N)CC(C)C(C)(C)N2CCOCCOCCO. The molecule has 0 radical (unpaired) electrons. The van der Waals surface area contributed by atoms with Gasteiger partial charge in [0.25, 0.3) is 0 Å². The van der Waals surface area contributed by atoms with Gasteiger partial charge in [0.1, 0.15) is 0 Å².